The minimum Gasteiger partial charge on any atom is -0.481 e. The van der Waals surface area contributed by atoms with Crippen molar-refractivity contribution in [1.29, 1.82) is 0 Å². The molecule has 1 rings (SSSR count). The first-order valence-corrected chi connectivity index (χ1v) is 15.6. The molecule has 4 N–H and O–H groups in total. The van der Waals surface area contributed by atoms with Crippen LogP contribution in [0.15, 0.2) is 0 Å². The van der Waals surface area contributed by atoms with Crippen molar-refractivity contribution in [2.45, 2.75) is 148 Å². The third-order valence-corrected chi connectivity index (χ3v) is 8.64. The standard InChI is InChI=1S/C31H54O8/c32-28(33)26(29(34)35)22-16-9-5-1-3-7-12-18-24-20-14-11-15-21-25(24)19-13-8-4-2-6-10-17-23-27(30(36)37)31(38)39/h24-27H,1-23H2,(H,32,33)(H,34,35)(H,36,37)(H,38,39). The van der Waals surface area contributed by atoms with E-state index in [0.717, 1.165) is 50.4 Å². The van der Waals surface area contributed by atoms with Gasteiger partial charge in [0.1, 0.15) is 0 Å². The van der Waals surface area contributed by atoms with Gasteiger partial charge in [0.15, 0.2) is 11.8 Å². The minimum absolute atomic E-state index is 0.220. The summed E-state index contributed by atoms with van der Waals surface area (Å²) in [5, 5.41) is 35.7. The van der Waals surface area contributed by atoms with E-state index in [1.165, 1.54) is 83.5 Å². The number of rotatable bonds is 24. The summed E-state index contributed by atoms with van der Waals surface area (Å²) in [4.78, 5) is 43.7. The zero-order valence-electron chi connectivity index (χ0n) is 24.0. The van der Waals surface area contributed by atoms with Crippen LogP contribution in [0, 0.1) is 23.7 Å². The topological polar surface area (TPSA) is 149 Å². The van der Waals surface area contributed by atoms with Crippen molar-refractivity contribution in [2.24, 2.45) is 23.7 Å². The molecule has 0 bridgehead atoms. The molecule has 1 aliphatic carbocycles. The number of carboxylic acid groups (broad SMARTS) is 4. The Kier molecular flexibility index (Phi) is 19.4. The van der Waals surface area contributed by atoms with Gasteiger partial charge in [0.05, 0.1) is 0 Å². The molecule has 0 radical (unpaired) electrons. The molecular formula is C31H54O8. The number of hydrogen-bond donors (Lipinski definition) is 4. The molecule has 226 valence electrons. The van der Waals surface area contributed by atoms with Crippen LogP contribution in [0.5, 0.6) is 0 Å². The van der Waals surface area contributed by atoms with Crippen LogP contribution in [0.3, 0.4) is 0 Å². The van der Waals surface area contributed by atoms with Crippen LogP contribution in [0.1, 0.15) is 148 Å². The second-order valence-corrected chi connectivity index (χ2v) is 11.7. The molecule has 39 heavy (non-hydrogen) atoms. The second kappa shape index (κ2) is 21.7. The molecular weight excluding hydrogens is 500 g/mol. The predicted molar refractivity (Wildman–Crippen MR) is 151 cm³/mol. The third kappa shape index (κ3) is 16.6. The number of hydrogen-bond acceptors (Lipinski definition) is 4. The first-order valence-electron chi connectivity index (χ1n) is 15.6. The van der Waals surface area contributed by atoms with Gasteiger partial charge in [0, 0.05) is 0 Å². The summed E-state index contributed by atoms with van der Waals surface area (Å²) in [6.45, 7) is 0. The van der Waals surface area contributed by atoms with Gasteiger partial charge in [-0.1, -0.05) is 135 Å². The number of unbranched alkanes of at least 4 members (excludes halogenated alkanes) is 12. The summed E-state index contributed by atoms with van der Waals surface area (Å²) in [6.07, 6.45) is 24.9. The molecule has 2 unspecified atom stereocenters. The van der Waals surface area contributed by atoms with Crippen LogP contribution < -0.4 is 0 Å². The SMILES string of the molecule is O=C(O)C(CCCCCCCCCC1CCCCCC1CCCCCCCCCC(C(=O)O)C(=O)O)C(=O)O. The maximum atomic E-state index is 10.9. The molecule has 0 spiro atoms. The minimum atomic E-state index is -1.27. The molecule has 1 aliphatic rings. The fraction of sp³-hybridized carbons (Fsp3) is 0.871. The quantitative estimate of drug-likeness (QED) is 0.0537. The Morgan fingerprint density at radius 2 is 0.718 bits per heavy atom. The van der Waals surface area contributed by atoms with E-state index in [9.17, 15) is 19.2 Å². The Bertz CT molecular complexity index is 621. The van der Waals surface area contributed by atoms with Gasteiger partial charge in [-0.3, -0.25) is 19.2 Å². The van der Waals surface area contributed by atoms with Gasteiger partial charge < -0.3 is 20.4 Å². The Labute approximate surface area is 235 Å². The van der Waals surface area contributed by atoms with Crippen molar-refractivity contribution >= 4 is 23.9 Å². The number of aliphatic carboxylic acids is 4. The van der Waals surface area contributed by atoms with E-state index >= 15 is 0 Å². The second-order valence-electron chi connectivity index (χ2n) is 11.7. The molecule has 0 aromatic rings. The van der Waals surface area contributed by atoms with Crippen molar-refractivity contribution < 1.29 is 39.6 Å². The molecule has 0 aromatic heterocycles. The molecule has 0 saturated heterocycles. The van der Waals surface area contributed by atoms with Gasteiger partial charge in [-0.15, -0.1) is 0 Å². The zero-order valence-corrected chi connectivity index (χ0v) is 24.0. The molecule has 0 heterocycles. The first kappa shape index (κ1) is 34.9. The van der Waals surface area contributed by atoms with Crippen molar-refractivity contribution in [3.05, 3.63) is 0 Å². The van der Waals surface area contributed by atoms with E-state index in [0.29, 0.717) is 12.8 Å². The lowest BCUT2D eigenvalue weighted by Gasteiger charge is -2.25. The summed E-state index contributed by atoms with van der Waals surface area (Å²) in [6, 6.07) is 0. The van der Waals surface area contributed by atoms with Gasteiger partial charge in [-0.2, -0.15) is 0 Å². The van der Waals surface area contributed by atoms with Crippen LogP contribution >= 0.6 is 0 Å². The molecule has 1 fully saturated rings. The number of carboxylic acids is 4. The van der Waals surface area contributed by atoms with Crippen molar-refractivity contribution in [3.63, 3.8) is 0 Å². The Morgan fingerprint density at radius 1 is 0.436 bits per heavy atom. The van der Waals surface area contributed by atoms with Gasteiger partial charge in [-0.25, -0.2) is 0 Å². The molecule has 8 heteroatoms. The predicted octanol–water partition coefficient (Wildman–Crippen LogP) is 7.78. The third-order valence-electron chi connectivity index (χ3n) is 8.64. The zero-order chi connectivity index (χ0) is 28.9. The first-order chi connectivity index (χ1) is 18.7. The van der Waals surface area contributed by atoms with Crippen LogP contribution in [-0.2, 0) is 19.2 Å². The molecule has 0 aromatic carbocycles. The monoisotopic (exact) mass is 554 g/mol. The van der Waals surface area contributed by atoms with Gasteiger partial charge in [0.25, 0.3) is 0 Å². The van der Waals surface area contributed by atoms with Crippen molar-refractivity contribution in [2.75, 3.05) is 0 Å². The van der Waals surface area contributed by atoms with Gasteiger partial charge in [0.2, 0.25) is 0 Å². The Hall–Kier alpha value is -2.12. The lowest BCUT2D eigenvalue weighted by atomic mass is 9.81. The van der Waals surface area contributed by atoms with Crippen LogP contribution in [0.25, 0.3) is 0 Å². The average molecular weight is 555 g/mol. The van der Waals surface area contributed by atoms with E-state index in [1.54, 1.807) is 0 Å². The van der Waals surface area contributed by atoms with E-state index in [4.69, 9.17) is 20.4 Å². The Balaban J connectivity index is 2.10. The van der Waals surface area contributed by atoms with Gasteiger partial charge in [-0.05, 0) is 24.7 Å². The molecule has 0 aliphatic heterocycles. The lowest BCUT2D eigenvalue weighted by molar-refractivity contribution is -0.156. The lowest BCUT2D eigenvalue weighted by Crippen LogP contribution is -2.23. The molecule has 0 amide bonds. The van der Waals surface area contributed by atoms with E-state index in [2.05, 4.69) is 0 Å². The highest BCUT2D eigenvalue weighted by molar-refractivity contribution is 5.93. The summed E-state index contributed by atoms with van der Waals surface area (Å²) >= 11 is 0. The average Bonchev–Trinajstić information content (AvgIpc) is 3.10. The molecule has 8 nitrogen and oxygen atoms in total. The van der Waals surface area contributed by atoms with Crippen LogP contribution in [0.4, 0.5) is 0 Å². The van der Waals surface area contributed by atoms with Gasteiger partial charge >= 0.3 is 23.9 Å². The highest BCUT2D eigenvalue weighted by Crippen LogP contribution is 2.36. The molecule has 2 atom stereocenters. The summed E-state index contributed by atoms with van der Waals surface area (Å²) in [5.74, 6) is -5.77. The summed E-state index contributed by atoms with van der Waals surface area (Å²) in [5.41, 5.74) is 0. The smallest absolute Gasteiger partial charge is 0.317 e. The highest BCUT2D eigenvalue weighted by Gasteiger charge is 2.26. The maximum absolute atomic E-state index is 10.9. The van der Waals surface area contributed by atoms with Crippen molar-refractivity contribution in [1.82, 2.24) is 0 Å². The summed E-state index contributed by atoms with van der Waals surface area (Å²) in [7, 11) is 0. The van der Waals surface area contributed by atoms with Crippen molar-refractivity contribution in [3.8, 4) is 0 Å². The van der Waals surface area contributed by atoms with Crippen LogP contribution in [0.2, 0.25) is 0 Å². The normalized spacial score (nSPS) is 17.8. The molecule has 1 saturated carbocycles. The fourth-order valence-corrected chi connectivity index (χ4v) is 6.20. The maximum Gasteiger partial charge on any atom is 0.317 e. The fourth-order valence-electron chi connectivity index (χ4n) is 6.20. The van der Waals surface area contributed by atoms with E-state index in [-0.39, 0.29) is 12.8 Å². The van der Waals surface area contributed by atoms with E-state index < -0.39 is 35.7 Å². The Morgan fingerprint density at radius 3 is 1.03 bits per heavy atom. The summed E-state index contributed by atoms with van der Waals surface area (Å²) < 4.78 is 0. The number of carbonyl (C=O) groups is 4. The van der Waals surface area contributed by atoms with E-state index in [1.807, 2.05) is 0 Å². The van der Waals surface area contributed by atoms with Crippen LogP contribution in [-0.4, -0.2) is 44.3 Å². The highest BCUT2D eigenvalue weighted by atomic mass is 16.4. The largest absolute Gasteiger partial charge is 0.481 e.